The van der Waals surface area contributed by atoms with Gasteiger partial charge in [-0.3, -0.25) is 0 Å². The molecule has 0 saturated heterocycles. The zero-order chi connectivity index (χ0) is 12.1. The van der Waals surface area contributed by atoms with Gasteiger partial charge in [0.1, 0.15) is 6.29 Å². The molecule has 0 aromatic heterocycles. The molecule has 0 bridgehead atoms. The van der Waals surface area contributed by atoms with Crippen LogP contribution in [0.15, 0.2) is 12.1 Å². The molecule has 0 unspecified atom stereocenters. The Bertz CT molecular complexity index is 364. The minimum atomic E-state index is 0.629. The lowest BCUT2D eigenvalue weighted by atomic mass is 9.91. The Morgan fingerprint density at radius 2 is 1.69 bits per heavy atom. The van der Waals surface area contributed by atoms with Crippen molar-refractivity contribution in [3.05, 3.63) is 34.4 Å². The fraction of sp³-hybridized carbons (Fsp3) is 0.533. The Labute approximate surface area is 98.9 Å². The van der Waals surface area contributed by atoms with Crippen molar-refractivity contribution in [1.29, 1.82) is 0 Å². The van der Waals surface area contributed by atoms with Gasteiger partial charge in [0.2, 0.25) is 0 Å². The van der Waals surface area contributed by atoms with Crippen molar-refractivity contribution in [3.63, 3.8) is 0 Å². The minimum Gasteiger partial charge on any atom is -0.303 e. The molecule has 1 heteroatoms. The van der Waals surface area contributed by atoms with E-state index < -0.39 is 0 Å². The Hall–Kier alpha value is -1.11. The molecule has 0 saturated carbocycles. The third kappa shape index (κ3) is 3.19. The normalized spacial score (nSPS) is 10.8. The summed E-state index contributed by atoms with van der Waals surface area (Å²) in [5, 5.41) is 0. The van der Waals surface area contributed by atoms with Gasteiger partial charge in [-0.25, -0.2) is 0 Å². The quantitative estimate of drug-likeness (QED) is 0.690. The van der Waals surface area contributed by atoms with Crippen molar-refractivity contribution in [1.82, 2.24) is 0 Å². The lowest BCUT2D eigenvalue weighted by Gasteiger charge is -2.14. The first-order valence-electron chi connectivity index (χ1n) is 6.07. The Balaban J connectivity index is 2.93. The summed E-state index contributed by atoms with van der Waals surface area (Å²) in [5.41, 5.74) is 5.52. The van der Waals surface area contributed by atoms with E-state index in [1.165, 1.54) is 22.3 Å². The summed E-state index contributed by atoms with van der Waals surface area (Å²) in [4.78, 5) is 10.4. The summed E-state index contributed by atoms with van der Waals surface area (Å²) in [6, 6.07) is 4.41. The van der Waals surface area contributed by atoms with Gasteiger partial charge in [-0.05, 0) is 54.9 Å². The predicted octanol–water partition coefficient (Wildman–Crippen LogP) is 3.63. The largest absolute Gasteiger partial charge is 0.303 e. The lowest BCUT2D eigenvalue weighted by Crippen LogP contribution is -2.01. The van der Waals surface area contributed by atoms with Crippen molar-refractivity contribution in [2.24, 2.45) is 5.92 Å². The van der Waals surface area contributed by atoms with E-state index in [2.05, 4.69) is 39.8 Å². The van der Waals surface area contributed by atoms with Crippen molar-refractivity contribution in [2.75, 3.05) is 0 Å². The van der Waals surface area contributed by atoms with Gasteiger partial charge in [-0.15, -0.1) is 0 Å². The number of benzene rings is 1. The average Bonchev–Trinajstić information content (AvgIpc) is 2.23. The second kappa shape index (κ2) is 5.83. The molecule has 16 heavy (non-hydrogen) atoms. The maximum Gasteiger partial charge on any atom is 0.120 e. The van der Waals surface area contributed by atoms with Crippen LogP contribution in [0.4, 0.5) is 0 Å². The number of hydrogen-bond acceptors (Lipinski definition) is 1. The van der Waals surface area contributed by atoms with E-state index in [-0.39, 0.29) is 0 Å². The SMILES string of the molecule is Cc1c(CCC=O)ccc(CC(C)C)c1C. The van der Waals surface area contributed by atoms with Crippen LogP contribution in [0.25, 0.3) is 0 Å². The van der Waals surface area contributed by atoms with Crippen molar-refractivity contribution in [2.45, 2.75) is 47.0 Å². The van der Waals surface area contributed by atoms with Crippen LogP contribution >= 0.6 is 0 Å². The molecule has 88 valence electrons. The molecule has 0 aliphatic carbocycles. The third-order valence-corrected chi connectivity index (χ3v) is 3.17. The van der Waals surface area contributed by atoms with E-state index >= 15 is 0 Å². The van der Waals surface area contributed by atoms with Crippen LogP contribution < -0.4 is 0 Å². The standard InChI is InChI=1S/C15H22O/c1-11(2)10-15-8-7-14(6-5-9-16)12(3)13(15)4/h7-9,11H,5-6,10H2,1-4H3. The van der Waals surface area contributed by atoms with E-state index in [4.69, 9.17) is 0 Å². The molecule has 0 amide bonds. The maximum atomic E-state index is 10.4. The van der Waals surface area contributed by atoms with Gasteiger partial charge >= 0.3 is 0 Å². The smallest absolute Gasteiger partial charge is 0.120 e. The second-order valence-electron chi connectivity index (χ2n) is 4.94. The van der Waals surface area contributed by atoms with Crippen molar-refractivity contribution < 1.29 is 4.79 Å². The van der Waals surface area contributed by atoms with Crippen LogP contribution in [0, 0.1) is 19.8 Å². The minimum absolute atomic E-state index is 0.629. The molecule has 1 nitrogen and oxygen atoms in total. The highest BCUT2D eigenvalue weighted by Crippen LogP contribution is 2.21. The fourth-order valence-electron chi connectivity index (χ4n) is 2.08. The first kappa shape index (κ1) is 13.0. The van der Waals surface area contributed by atoms with Crippen LogP contribution in [-0.4, -0.2) is 6.29 Å². The molecule has 0 aliphatic rings. The summed E-state index contributed by atoms with van der Waals surface area (Å²) in [6.45, 7) is 8.85. The topological polar surface area (TPSA) is 17.1 Å². The molecule has 1 aromatic carbocycles. The Morgan fingerprint density at radius 3 is 2.25 bits per heavy atom. The number of carbonyl (C=O) groups is 1. The molecule has 1 rings (SSSR count). The van der Waals surface area contributed by atoms with Gasteiger partial charge < -0.3 is 4.79 Å². The molecule has 0 spiro atoms. The Morgan fingerprint density at radius 1 is 1.12 bits per heavy atom. The fourth-order valence-corrected chi connectivity index (χ4v) is 2.08. The van der Waals surface area contributed by atoms with Crippen molar-refractivity contribution >= 4 is 6.29 Å². The lowest BCUT2D eigenvalue weighted by molar-refractivity contribution is -0.107. The molecule has 0 heterocycles. The molecule has 0 radical (unpaired) electrons. The third-order valence-electron chi connectivity index (χ3n) is 3.17. The molecule has 0 atom stereocenters. The zero-order valence-electron chi connectivity index (χ0n) is 10.8. The molecular weight excluding hydrogens is 196 g/mol. The number of rotatable bonds is 5. The number of aldehydes is 1. The van der Waals surface area contributed by atoms with Crippen LogP contribution in [0.5, 0.6) is 0 Å². The monoisotopic (exact) mass is 218 g/mol. The highest BCUT2D eigenvalue weighted by Gasteiger charge is 2.07. The van der Waals surface area contributed by atoms with E-state index in [1.54, 1.807) is 0 Å². The van der Waals surface area contributed by atoms with Gasteiger partial charge in [0, 0.05) is 6.42 Å². The summed E-state index contributed by atoms with van der Waals surface area (Å²) in [7, 11) is 0. The zero-order valence-corrected chi connectivity index (χ0v) is 10.8. The van der Waals surface area contributed by atoms with E-state index in [1.807, 2.05) is 0 Å². The van der Waals surface area contributed by atoms with E-state index in [0.717, 1.165) is 19.1 Å². The molecular formula is C15H22O. The maximum absolute atomic E-state index is 10.4. The molecule has 0 fully saturated rings. The van der Waals surface area contributed by atoms with Crippen molar-refractivity contribution in [3.8, 4) is 0 Å². The average molecular weight is 218 g/mol. The highest BCUT2D eigenvalue weighted by molar-refractivity contribution is 5.51. The van der Waals surface area contributed by atoms with Gasteiger partial charge in [0.25, 0.3) is 0 Å². The predicted molar refractivity (Wildman–Crippen MR) is 68.8 cm³/mol. The number of aryl methyl sites for hydroxylation is 1. The van der Waals surface area contributed by atoms with Gasteiger partial charge in [0.15, 0.2) is 0 Å². The number of carbonyl (C=O) groups excluding carboxylic acids is 1. The van der Waals surface area contributed by atoms with E-state index in [0.29, 0.717) is 12.3 Å². The first-order valence-corrected chi connectivity index (χ1v) is 6.07. The van der Waals surface area contributed by atoms with Crippen LogP contribution in [0.3, 0.4) is 0 Å². The summed E-state index contributed by atoms with van der Waals surface area (Å²) < 4.78 is 0. The molecule has 0 aliphatic heterocycles. The van der Waals surface area contributed by atoms with Crippen LogP contribution in [0.1, 0.15) is 42.5 Å². The first-order chi connectivity index (χ1) is 7.56. The summed E-state index contributed by atoms with van der Waals surface area (Å²) in [5.74, 6) is 0.693. The van der Waals surface area contributed by atoms with Gasteiger partial charge in [-0.2, -0.15) is 0 Å². The van der Waals surface area contributed by atoms with Crippen LogP contribution in [0.2, 0.25) is 0 Å². The summed E-state index contributed by atoms with van der Waals surface area (Å²) >= 11 is 0. The van der Waals surface area contributed by atoms with Crippen LogP contribution in [-0.2, 0) is 17.6 Å². The van der Waals surface area contributed by atoms with Gasteiger partial charge in [0.05, 0.1) is 0 Å². The molecule has 1 aromatic rings. The second-order valence-corrected chi connectivity index (χ2v) is 4.94. The highest BCUT2D eigenvalue weighted by atomic mass is 16.1. The van der Waals surface area contributed by atoms with E-state index in [9.17, 15) is 4.79 Å². The van der Waals surface area contributed by atoms with Gasteiger partial charge in [-0.1, -0.05) is 26.0 Å². The summed E-state index contributed by atoms with van der Waals surface area (Å²) in [6.07, 6.45) is 3.64. The number of hydrogen-bond donors (Lipinski definition) is 0. The Kier molecular flexibility index (Phi) is 4.72. The molecule has 0 N–H and O–H groups in total.